The molecule has 0 radical (unpaired) electrons. The summed E-state index contributed by atoms with van der Waals surface area (Å²) >= 11 is 1.18. The first kappa shape index (κ1) is 16.0. The number of aryl methyl sites for hydroxylation is 1. The van der Waals surface area contributed by atoms with Gasteiger partial charge < -0.3 is 20.6 Å². The minimum atomic E-state index is -0.978. The molecular weight excluding hydrogens is 312 g/mol. The summed E-state index contributed by atoms with van der Waals surface area (Å²) in [4.78, 5) is 21.6. The lowest BCUT2D eigenvalue weighted by molar-refractivity contribution is 0.0703. The van der Waals surface area contributed by atoms with Crippen molar-refractivity contribution in [3.05, 3.63) is 16.5 Å². The van der Waals surface area contributed by atoms with Gasteiger partial charge in [0.1, 0.15) is 15.5 Å². The van der Waals surface area contributed by atoms with Gasteiger partial charge in [-0.25, -0.2) is 9.78 Å². The molecule has 1 aliphatic rings. The normalized spacial score (nSPS) is 16.2. The fraction of sp³-hybridized carbons (Fsp3) is 0.500. The molecule has 3 heterocycles. The van der Waals surface area contributed by atoms with Crippen LogP contribution in [0.15, 0.2) is 6.07 Å². The van der Waals surface area contributed by atoms with Crippen LogP contribution >= 0.6 is 11.3 Å². The third-order valence-corrected chi connectivity index (χ3v) is 5.40. The molecule has 0 unspecified atom stereocenters. The number of aromatic carboxylic acids is 1. The number of pyridine rings is 1. The molecule has 6 nitrogen and oxygen atoms in total. The monoisotopic (exact) mass is 334 g/mol. The highest BCUT2D eigenvalue weighted by Crippen LogP contribution is 2.37. The van der Waals surface area contributed by atoms with E-state index in [1.165, 1.54) is 11.3 Å². The van der Waals surface area contributed by atoms with Crippen LogP contribution in [-0.2, 0) is 6.42 Å². The molecule has 0 atom stereocenters. The number of fused-ring (bicyclic) bond motifs is 1. The fourth-order valence-electron chi connectivity index (χ4n) is 3.01. The van der Waals surface area contributed by atoms with Crippen molar-refractivity contribution >= 4 is 39.0 Å². The van der Waals surface area contributed by atoms with Gasteiger partial charge in [-0.3, -0.25) is 0 Å². The fourth-order valence-corrected chi connectivity index (χ4v) is 3.98. The Morgan fingerprint density at radius 2 is 2.09 bits per heavy atom. The lowest BCUT2D eigenvalue weighted by atomic mass is 10.1. The lowest BCUT2D eigenvalue weighted by Crippen LogP contribution is -2.44. The van der Waals surface area contributed by atoms with E-state index in [2.05, 4.69) is 29.8 Å². The molecule has 0 bridgehead atoms. The molecule has 23 heavy (non-hydrogen) atoms. The van der Waals surface area contributed by atoms with Gasteiger partial charge in [-0.1, -0.05) is 13.3 Å². The molecule has 0 amide bonds. The summed E-state index contributed by atoms with van der Waals surface area (Å²) in [5.74, 6) is -0.0404. The predicted octanol–water partition coefficient (Wildman–Crippen LogP) is 2.28. The first-order valence-electron chi connectivity index (χ1n) is 7.90. The summed E-state index contributed by atoms with van der Waals surface area (Å²) < 4.78 is 0. The molecule has 3 rings (SSSR count). The SMILES string of the molecule is CCCc1cc(N2CCN(C)CC2)nc2sc(C(=O)O)c(N)c12. The molecule has 0 aromatic carbocycles. The first-order chi connectivity index (χ1) is 11.0. The van der Waals surface area contributed by atoms with Crippen LogP contribution in [0.1, 0.15) is 28.6 Å². The Balaban J connectivity index is 2.08. The zero-order chi connectivity index (χ0) is 16.6. The van der Waals surface area contributed by atoms with Crippen LogP contribution in [0.25, 0.3) is 10.2 Å². The average Bonchev–Trinajstić information content (AvgIpc) is 2.86. The van der Waals surface area contributed by atoms with Crippen LogP contribution < -0.4 is 10.6 Å². The maximum absolute atomic E-state index is 11.4. The number of carboxylic acid groups (broad SMARTS) is 1. The van der Waals surface area contributed by atoms with Crippen molar-refractivity contribution in [1.29, 1.82) is 0 Å². The van der Waals surface area contributed by atoms with E-state index in [1.807, 2.05) is 0 Å². The Morgan fingerprint density at radius 1 is 1.39 bits per heavy atom. The van der Waals surface area contributed by atoms with Gasteiger partial charge in [-0.2, -0.15) is 0 Å². The van der Waals surface area contributed by atoms with Crippen LogP contribution in [0.3, 0.4) is 0 Å². The molecule has 1 aliphatic heterocycles. The number of hydrogen-bond donors (Lipinski definition) is 2. The number of nitrogen functional groups attached to an aromatic ring is 1. The number of aromatic nitrogens is 1. The van der Waals surface area contributed by atoms with Gasteiger partial charge >= 0.3 is 5.97 Å². The number of nitrogens with zero attached hydrogens (tertiary/aromatic N) is 3. The van der Waals surface area contributed by atoms with E-state index in [4.69, 9.17) is 10.7 Å². The topological polar surface area (TPSA) is 82.7 Å². The molecule has 2 aromatic rings. The summed E-state index contributed by atoms with van der Waals surface area (Å²) in [6, 6.07) is 2.09. The van der Waals surface area contributed by atoms with Gasteiger partial charge in [0.25, 0.3) is 0 Å². The minimum absolute atomic E-state index is 0.195. The van der Waals surface area contributed by atoms with Crippen molar-refractivity contribution in [3.8, 4) is 0 Å². The molecule has 1 saturated heterocycles. The van der Waals surface area contributed by atoms with E-state index < -0.39 is 5.97 Å². The summed E-state index contributed by atoms with van der Waals surface area (Å²) in [5.41, 5.74) is 7.55. The first-order valence-corrected chi connectivity index (χ1v) is 8.71. The third-order valence-electron chi connectivity index (χ3n) is 4.31. The molecule has 7 heteroatoms. The van der Waals surface area contributed by atoms with Crippen molar-refractivity contribution < 1.29 is 9.90 Å². The number of hydrogen-bond acceptors (Lipinski definition) is 6. The molecule has 124 valence electrons. The summed E-state index contributed by atoms with van der Waals surface area (Å²) in [5, 5.41) is 10.1. The minimum Gasteiger partial charge on any atom is -0.477 e. The zero-order valence-corrected chi connectivity index (χ0v) is 14.3. The zero-order valence-electron chi connectivity index (χ0n) is 13.5. The van der Waals surface area contributed by atoms with Crippen LogP contribution in [0.5, 0.6) is 0 Å². The quantitative estimate of drug-likeness (QED) is 0.892. The van der Waals surface area contributed by atoms with E-state index in [0.29, 0.717) is 5.69 Å². The highest BCUT2D eigenvalue weighted by molar-refractivity contribution is 7.21. The van der Waals surface area contributed by atoms with E-state index in [-0.39, 0.29) is 4.88 Å². The average molecular weight is 334 g/mol. The van der Waals surface area contributed by atoms with Crippen LogP contribution in [0.4, 0.5) is 11.5 Å². The van der Waals surface area contributed by atoms with Gasteiger partial charge in [-0.05, 0) is 25.1 Å². The van der Waals surface area contributed by atoms with Crippen molar-refractivity contribution in [2.24, 2.45) is 0 Å². The molecule has 3 N–H and O–H groups in total. The van der Waals surface area contributed by atoms with E-state index in [1.54, 1.807) is 0 Å². The molecular formula is C16H22N4O2S. The Hall–Kier alpha value is -1.86. The molecule has 0 aliphatic carbocycles. The molecule has 2 aromatic heterocycles. The number of anilines is 2. The smallest absolute Gasteiger partial charge is 0.348 e. The van der Waals surface area contributed by atoms with Crippen molar-refractivity contribution in [1.82, 2.24) is 9.88 Å². The number of thiophene rings is 1. The van der Waals surface area contributed by atoms with Gasteiger partial charge in [0.15, 0.2) is 0 Å². The summed E-state index contributed by atoms with van der Waals surface area (Å²) in [6.45, 7) is 6.01. The number of carboxylic acids is 1. The number of likely N-dealkylation sites (N-methyl/N-ethyl adjacent to an activating group) is 1. The largest absolute Gasteiger partial charge is 0.477 e. The standard InChI is InChI=1S/C16H22N4O2S/c1-3-4-10-9-11(20-7-5-19(2)6-8-20)18-15-12(10)13(17)14(23-15)16(21)22/h9H,3-8,17H2,1-2H3,(H,21,22). The molecule has 0 saturated carbocycles. The Kier molecular flexibility index (Phi) is 4.41. The van der Waals surface area contributed by atoms with E-state index >= 15 is 0 Å². The Morgan fingerprint density at radius 3 is 2.70 bits per heavy atom. The van der Waals surface area contributed by atoms with Crippen LogP contribution in [0, 0.1) is 0 Å². The van der Waals surface area contributed by atoms with E-state index in [9.17, 15) is 9.90 Å². The van der Waals surface area contributed by atoms with Crippen LogP contribution in [-0.4, -0.2) is 54.2 Å². The Bertz CT molecular complexity index is 735. The maximum atomic E-state index is 11.4. The third kappa shape index (κ3) is 2.98. The van der Waals surface area contributed by atoms with Crippen molar-refractivity contribution in [3.63, 3.8) is 0 Å². The van der Waals surface area contributed by atoms with Crippen molar-refractivity contribution in [2.45, 2.75) is 19.8 Å². The highest BCUT2D eigenvalue weighted by Gasteiger charge is 2.22. The second kappa shape index (κ2) is 6.33. The van der Waals surface area contributed by atoms with E-state index in [0.717, 1.165) is 60.6 Å². The number of nitrogens with two attached hydrogens (primary N) is 1. The van der Waals surface area contributed by atoms with Gasteiger partial charge in [0, 0.05) is 31.6 Å². The maximum Gasteiger partial charge on any atom is 0.348 e. The van der Waals surface area contributed by atoms with Gasteiger partial charge in [0.05, 0.1) is 5.69 Å². The Labute approximate surface area is 139 Å². The predicted molar refractivity (Wildman–Crippen MR) is 94.7 cm³/mol. The molecule has 0 spiro atoms. The van der Waals surface area contributed by atoms with Gasteiger partial charge in [0.2, 0.25) is 0 Å². The van der Waals surface area contributed by atoms with Crippen molar-refractivity contribution in [2.75, 3.05) is 43.9 Å². The second-order valence-electron chi connectivity index (χ2n) is 6.01. The van der Waals surface area contributed by atoms with Gasteiger partial charge in [-0.15, -0.1) is 11.3 Å². The number of carbonyl (C=O) groups is 1. The summed E-state index contributed by atoms with van der Waals surface area (Å²) in [6.07, 6.45) is 1.86. The second-order valence-corrected chi connectivity index (χ2v) is 7.01. The highest BCUT2D eigenvalue weighted by atomic mass is 32.1. The lowest BCUT2D eigenvalue weighted by Gasteiger charge is -2.33. The number of piperazine rings is 1. The summed E-state index contributed by atoms with van der Waals surface area (Å²) in [7, 11) is 2.12. The van der Waals surface area contributed by atoms with Crippen LogP contribution in [0.2, 0.25) is 0 Å². The number of rotatable bonds is 4. The molecule has 1 fully saturated rings.